The number of carbonyl (C=O) groups excluding carboxylic acids is 1. The number of hydrogen-bond acceptors (Lipinski definition) is 4. The first-order valence-corrected chi connectivity index (χ1v) is 5.80. The number of β-amino-alcohol motifs (C(OH)–C–C–N with tert-alkyl or cyclic N) is 1. The molecule has 1 heterocycles. The molecule has 1 N–H and O–H groups in total. The Bertz CT molecular complexity index is 475. The summed E-state index contributed by atoms with van der Waals surface area (Å²) in [7, 11) is 0. The first-order valence-electron chi connectivity index (χ1n) is 5.80. The zero-order chi connectivity index (χ0) is 13.1. The molecule has 0 bridgehead atoms. The van der Waals surface area contributed by atoms with Crippen LogP contribution in [0.25, 0.3) is 0 Å². The van der Waals surface area contributed by atoms with Crippen molar-refractivity contribution in [2.75, 3.05) is 13.1 Å². The van der Waals surface area contributed by atoms with Crippen LogP contribution in [-0.4, -0.2) is 40.0 Å². The van der Waals surface area contributed by atoms with E-state index in [-0.39, 0.29) is 11.6 Å². The van der Waals surface area contributed by atoms with Gasteiger partial charge in [-0.3, -0.25) is 14.9 Å². The topological polar surface area (TPSA) is 83.7 Å². The van der Waals surface area contributed by atoms with Crippen molar-refractivity contribution in [3.63, 3.8) is 0 Å². The van der Waals surface area contributed by atoms with E-state index in [4.69, 9.17) is 0 Å². The molecule has 1 aromatic rings. The van der Waals surface area contributed by atoms with E-state index in [2.05, 4.69) is 0 Å². The van der Waals surface area contributed by atoms with Gasteiger partial charge in [0.2, 0.25) is 0 Å². The summed E-state index contributed by atoms with van der Waals surface area (Å²) in [5.41, 5.74) is 0.191. The Morgan fingerprint density at radius 1 is 1.50 bits per heavy atom. The van der Waals surface area contributed by atoms with Crippen molar-refractivity contribution in [1.29, 1.82) is 0 Å². The van der Waals surface area contributed by atoms with Crippen LogP contribution < -0.4 is 0 Å². The monoisotopic (exact) mass is 250 g/mol. The number of aliphatic hydroxyl groups is 1. The Morgan fingerprint density at radius 2 is 2.28 bits per heavy atom. The Hall–Kier alpha value is -1.95. The number of benzene rings is 1. The summed E-state index contributed by atoms with van der Waals surface area (Å²) in [5, 5.41) is 20.2. The number of nitro benzene ring substituents is 1. The molecule has 18 heavy (non-hydrogen) atoms. The SMILES string of the molecule is O=C(c1cccc([N+](=O)[O-])c1)N1CCCC(O)C1. The van der Waals surface area contributed by atoms with Crippen LogP contribution in [0, 0.1) is 10.1 Å². The predicted octanol–water partition coefficient (Wildman–Crippen LogP) is 1.19. The number of likely N-dealkylation sites (tertiary alicyclic amines) is 1. The molecular formula is C12H14N2O4. The zero-order valence-corrected chi connectivity index (χ0v) is 9.78. The Balaban J connectivity index is 2.17. The van der Waals surface area contributed by atoms with E-state index < -0.39 is 11.0 Å². The summed E-state index contributed by atoms with van der Waals surface area (Å²) in [4.78, 5) is 23.8. The molecule has 0 aromatic heterocycles. The van der Waals surface area contributed by atoms with Gasteiger partial charge in [-0.05, 0) is 18.9 Å². The number of rotatable bonds is 2. The fourth-order valence-electron chi connectivity index (χ4n) is 2.07. The maximum atomic E-state index is 12.1. The fourth-order valence-corrected chi connectivity index (χ4v) is 2.07. The summed E-state index contributed by atoms with van der Waals surface area (Å²) in [5.74, 6) is -0.266. The molecule has 2 rings (SSSR count). The average molecular weight is 250 g/mol. The third-order valence-electron chi connectivity index (χ3n) is 2.99. The van der Waals surface area contributed by atoms with Crippen LogP contribution in [0.3, 0.4) is 0 Å². The van der Waals surface area contributed by atoms with Gasteiger partial charge in [-0.2, -0.15) is 0 Å². The number of amides is 1. The second kappa shape index (κ2) is 5.14. The third-order valence-corrected chi connectivity index (χ3v) is 2.99. The molecule has 6 nitrogen and oxygen atoms in total. The van der Waals surface area contributed by atoms with Crippen molar-refractivity contribution in [3.05, 3.63) is 39.9 Å². The van der Waals surface area contributed by atoms with E-state index in [1.54, 1.807) is 6.07 Å². The molecule has 1 aromatic carbocycles. The van der Waals surface area contributed by atoms with Gasteiger partial charge in [0.25, 0.3) is 11.6 Å². The molecule has 6 heteroatoms. The van der Waals surface area contributed by atoms with Gasteiger partial charge in [-0.1, -0.05) is 6.07 Å². The molecule has 1 unspecified atom stereocenters. The molecule has 1 saturated heterocycles. The molecule has 0 aliphatic carbocycles. The Morgan fingerprint density at radius 3 is 2.94 bits per heavy atom. The van der Waals surface area contributed by atoms with Gasteiger partial charge in [0.05, 0.1) is 11.0 Å². The number of hydrogen-bond donors (Lipinski definition) is 1. The second-order valence-electron chi connectivity index (χ2n) is 4.35. The number of carbonyl (C=O) groups is 1. The van der Waals surface area contributed by atoms with Crippen molar-refractivity contribution in [3.8, 4) is 0 Å². The van der Waals surface area contributed by atoms with Gasteiger partial charge in [0, 0.05) is 30.8 Å². The number of non-ortho nitro benzene ring substituents is 1. The van der Waals surface area contributed by atoms with Crippen LogP contribution in [0.5, 0.6) is 0 Å². The van der Waals surface area contributed by atoms with Gasteiger partial charge in [-0.25, -0.2) is 0 Å². The molecular weight excluding hydrogens is 236 g/mol. The lowest BCUT2D eigenvalue weighted by Crippen LogP contribution is -2.42. The summed E-state index contributed by atoms with van der Waals surface area (Å²) in [6.45, 7) is 0.875. The summed E-state index contributed by atoms with van der Waals surface area (Å²) in [6.07, 6.45) is 0.946. The van der Waals surface area contributed by atoms with Crippen LogP contribution in [0.4, 0.5) is 5.69 Å². The molecule has 96 valence electrons. The van der Waals surface area contributed by atoms with Crippen molar-refractivity contribution in [1.82, 2.24) is 4.90 Å². The summed E-state index contributed by atoms with van der Waals surface area (Å²) in [6, 6.07) is 5.66. The van der Waals surface area contributed by atoms with Crippen LogP contribution >= 0.6 is 0 Å². The number of nitro groups is 1. The summed E-state index contributed by atoms with van der Waals surface area (Å²) < 4.78 is 0. The largest absolute Gasteiger partial charge is 0.391 e. The first-order chi connectivity index (χ1) is 8.58. The number of nitrogens with zero attached hydrogens (tertiary/aromatic N) is 2. The molecule has 1 fully saturated rings. The van der Waals surface area contributed by atoms with Crippen LogP contribution in [0.2, 0.25) is 0 Å². The van der Waals surface area contributed by atoms with Gasteiger partial charge >= 0.3 is 0 Å². The molecule has 1 aliphatic rings. The highest BCUT2D eigenvalue weighted by Crippen LogP contribution is 2.17. The molecule has 1 aliphatic heterocycles. The fraction of sp³-hybridized carbons (Fsp3) is 0.417. The van der Waals surface area contributed by atoms with Gasteiger partial charge in [0.15, 0.2) is 0 Å². The lowest BCUT2D eigenvalue weighted by atomic mass is 10.1. The minimum Gasteiger partial charge on any atom is -0.391 e. The smallest absolute Gasteiger partial charge is 0.270 e. The van der Waals surface area contributed by atoms with Crippen LogP contribution in [0.15, 0.2) is 24.3 Å². The summed E-state index contributed by atoms with van der Waals surface area (Å²) >= 11 is 0. The van der Waals surface area contributed by atoms with E-state index in [0.717, 1.165) is 6.42 Å². The van der Waals surface area contributed by atoms with Crippen LogP contribution in [-0.2, 0) is 0 Å². The van der Waals surface area contributed by atoms with Gasteiger partial charge < -0.3 is 10.0 Å². The highest BCUT2D eigenvalue weighted by molar-refractivity contribution is 5.94. The zero-order valence-electron chi connectivity index (χ0n) is 9.78. The molecule has 1 atom stereocenters. The lowest BCUT2D eigenvalue weighted by Gasteiger charge is -2.30. The van der Waals surface area contributed by atoms with E-state index in [0.29, 0.717) is 25.1 Å². The second-order valence-corrected chi connectivity index (χ2v) is 4.35. The van der Waals surface area contributed by atoms with Gasteiger partial charge in [-0.15, -0.1) is 0 Å². The van der Waals surface area contributed by atoms with E-state index in [9.17, 15) is 20.0 Å². The molecule has 0 saturated carbocycles. The predicted molar refractivity (Wildman–Crippen MR) is 64.2 cm³/mol. The van der Waals surface area contributed by atoms with Crippen LogP contribution in [0.1, 0.15) is 23.2 Å². The van der Waals surface area contributed by atoms with E-state index >= 15 is 0 Å². The molecule has 0 spiro atoms. The standard InChI is InChI=1S/C12H14N2O4/c15-11-5-2-6-13(8-11)12(16)9-3-1-4-10(7-9)14(17)18/h1,3-4,7,11,15H,2,5-6,8H2. The third kappa shape index (κ3) is 2.65. The maximum Gasteiger partial charge on any atom is 0.270 e. The van der Waals surface area contributed by atoms with E-state index in [1.807, 2.05) is 0 Å². The quantitative estimate of drug-likeness (QED) is 0.631. The molecule has 1 amide bonds. The lowest BCUT2D eigenvalue weighted by molar-refractivity contribution is -0.384. The van der Waals surface area contributed by atoms with Crippen molar-refractivity contribution in [2.45, 2.75) is 18.9 Å². The Labute approximate surface area is 104 Å². The van der Waals surface area contributed by atoms with Crippen molar-refractivity contribution >= 4 is 11.6 Å². The Kier molecular flexibility index (Phi) is 3.57. The van der Waals surface area contributed by atoms with Crippen molar-refractivity contribution < 1.29 is 14.8 Å². The number of piperidine rings is 1. The normalized spacial score (nSPS) is 19.6. The van der Waals surface area contributed by atoms with Gasteiger partial charge in [0.1, 0.15) is 0 Å². The maximum absolute atomic E-state index is 12.1. The first kappa shape index (κ1) is 12.5. The molecule has 0 radical (unpaired) electrons. The highest BCUT2D eigenvalue weighted by Gasteiger charge is 2.23. The van der Waals surface area contributed by atoms with E-state index in [1.165, 1.54) is 23.1 Å². The van der Waals surface area contributed by atoms with Crippen molar-refractivity contribution in [2.24, 2.45) is 0 Å². The highest BCUT2D eigenvalue weighted by atomic mass is 16.6. The minimum atomic E-state index is -0.526. The average Bonchev–Trinajstić information content (AvgIpc) is 2.38. The minimum absolute atomic E-state index is 0.0987. The number of aliphatic hydroxyl groups excluding tert-OH is 1.